The Balaban J connectivity index is 0.00000158. The van der Waals surface area contributed by atoms with Crippen LogP contribution in [0.4, 0.5) is 5.69 Å². The molecule has 34 heavy (non-hydrogen) atoms. The molecule has 2 aliphatic heterocycles. The zero-order valence-corrected chi connectivity index (χ0v) is 21.0. The van der Waals surface area contributed by atoms with Crippen molar-refractivity contribution in [3.63, 3.8) is 0 Å². The van der Waals surface area contributed by atoms with Gasteiger partial charge in [-0.15, -0.1) is 0 Å². The zero-order chi connectivity index (χ0) is 24.3. The van der Waals surface area contributed by atoms with Crippen LogP contribution < -0.4 is 15.4 Å². The molecule has 2 N–H and O–H groups in total. The van der Waals surface area contributed by atoms with E-state index in [0.717, 1.165) is 61.8 Å². The maximum Gasteiger partial charge on any atom is 0.270 e. The quantitative estimate of drug-likeness (QED) is 0.537. The maximum absolute atomic E-state index is 13.1. The Morgan fingerprint density at radius 3 is 2.65 bits per heavy atom. The number of hydrogen-bond donors (Lipinski definition) is 2. The first-order valence-electron chi connectivity index (χ1n) is 12.1. The fraction of sp³-hybridized carbons (Fsp3) is 0.462. The van der Waals surface area contributed by atoms with Crippen molar-refractivity contribution in [1.29, 1.82) is 0 Å². The molecule has 2 heterocycles. The summed E-state index contributed by atoms with van der Waals surface area (Å²) in [5.41, 5.74) is 2.91. The summed E-state index contributed by atoms with van der Waals surface area (Å²) in [6.45, 7) is 11.6. The van der Waals surface area contributed by atoms with Gasteiger partial charge in [-0.2, -0.15) is 0 Å². The minimum absolute atomic E-state index is 0.173. The number of carbonyl (C=O) groups excluding carboxylic acids is 1. The van der Waals surface area contributed by atoms with Crippen molar-refractivity contribution in [2.45, 2.75) is 33.4 Å². The highest BCUT2D eigenvalue weighted by atomic mass is 35.5. The summed E-state index contributed by atoms with van der Waals surface area (Å²) in [5.74, 6) is 0.630. The average Bonchev–Trinajstić information content (AvgIpc) is 2.88. The summed E-state index contributed by atoms with van der Waals surface area (Å²) in [7, 11) is 0. The highest BCUT2D eigenvalue weighted by molar-refractivity contribution is 6.47. The molecule has 2 aliphatic rings. The van der Waals surface area contributed by atoms with Gasteiger partial charge in [0.15, 0.2) is 0 Å². The van der Waals surface area contributed by atoms with E-state index in [-0.39, 0.29) is 12.1 Å². The molecule has 8 heteroatoms. The molecule has 1 fully saturated rings. The lowest BCUT2D eigenvalue weighted by atomic mass is 10.0. The van der Waals surface area contributed by atoms with Gasteiger partial charge < -0.3 is 20.1 Å². The van der Waals surface area contributed by atoms with Crippen LogP contribution >= 0.6 is 11.6 Å². The van der Waals surface area contributed by atoms with Crippen molar-refractivity contribution < 1.29 is 14.3 Å². The van der Waals surface area contributed by atoms with Crippen LogP contribution in [0.15, 0.2) is 47.5 Å². The Bertz CT molecular complexity index is 959. The van der Waals surface area contributed by atoms with Crippen LogP contribution in [0.25, 0.3) is 0 Å². The summed E-state index contributed by atoms with van der Waals surface area (Å²) in [6, 6.07) is 13.2. The van der Waals surface area contributed by atoms with Crippen LogP contribution in [0.2, 0.25) is 5.02 Å². The molecule has 184 valence electrons. The third-order valence-corrected chi connectivity index (χ3v) is 5.78. The number of nitrogens with zero attached hydrogens (tertiary/aromatic N) is 2. The molecule has 2 aromatic carbocycles. The lowest BCUT2D eigenvalue weighted by Gasteiger charge is -2.27. The highest BCUT2D eigenvalue weighted by Crippen LogP contribution is 2.32. The highest BCUT2D eigenvalue weighted by Gasteiger charge is 2.26. The van der Waals surface area contributed by atoms with Gasteiger partial charge in [-0.25, -0.2) is 4.99 Å². The molecule has 4 rings (SSSR count). The average molecular weight is 487 g/mol. The minimum atomic E-state index is -0.384. The third-order valence-electron chi connectivity index (χ3n) is 5.55. The van der Waals surface area contributed by atoms with Gasteiger partial charge in [-0.05, 0) is 55.8 Å². The Hall–Kier alpha value is -2.61. The summed E-state index contributed by atoms with van der Waals surface area (Å²) in [6.07, 6.45) is 0.498. The van der Waals surface area contributed by atoms with E-state index in [1.54, 1.807) is 6.07 Å². The molecule has 1 unspecified atom stereocenters. The maximum atomic E-state index is 13.1. The van der Waals surface area contributed by atoms with Gasteiger partial charge in [0.2, 0.25) is 0 Å². The van der Waals surface area contributed by atoms with Crippen molar-refractivity contribution in [2.24, 2.45) is 4.99 Å². The SMILES string of the molecule is CC.CCOc1ccc(C2N=C(C(=O)NCCCN3CCOCC3)c3ccc(Cl)cc3N2)cc1. The second kappa shape index (κ2) is 13.3. The molecular weight excluding hydrogens is 452 g/mol. The summed E-state index contributed by atoms with van der Waals surface area (Å²) in [4.78, 5) is 20.2. The number of anilines is 1. The van der Waals surface area contributed by atoms with Crippen LogP contribution in [-0.2, 0) is 9.53 Å². The Kier molecular flexibility index (Phi) is 10.2. The van der Waals surface area contributed by atoms with Gasteiger partial charge in [0.1, 0.15) is 17.6 Å². The zero-order valence-electron chi connectivity index (χ0n) is 20.3. The first kappa shape index (κ1) is 26.0. The van der Waals surface area contributed by atoms with E-state index in [0.29, 0.717) is 23.9 Å². The molecule has 0 radical (unpaired) electrons. The van der Waals surface area contributed by atoms with Gasteiger partial charge in [-0.3, -0.25) is 9.69 Å². The summed E-state index contributed by atoms with van der Waals surface area (Å²) in [5, 5.41) is 7.03. The van der Waals surface area contributed by atoms with E-state index < -0.39 is 0 Å². The standard InChI is InChI=1S/C24H29ClN4O3.C2H6/c1-2-32-19-7-4-17(5-8-19)23-27-21-16-18(25)6-9-20(21)22(28-23)24(30)26-10-3-11-29-12-14-31-15-13-29;1-2/h4-9,16,23,27H,2-3,10-15H2,1H3,(H,26,30);1-2H3. The van der Waals surface area contributed by atoms with Crippen molar-refractivity contribution in [1.82, 2.24) is 10.2 Å². The molecule has 1 atom stereocenters. The predicted octanol–water partition coefficient (Wildman–Crippen LogP) is 4.52. The number of benzene rings is 2. The number of halogens is 1. The van der Waals surface area contributed by atoms with E-state index in [4.69, 9.17) is 26.1 Å². The van der Waals surface area contributed by atoms with E-state index in [1.807, 2.05) is 57.2 Å². The molecule has 0 spiro atoms. The topological polar surface area (TPSA) is 75.2 Å². The molecule has 0 aromatic heterocycles. The van der Waals surface area contributed by atoms with E-state index in [9.17, 15) is 4.79 Å². The Morgan fingerprint density at radius 2 is 1.94 bits per heavy atom. The molecule has 1 amide bonds. The number of hydrogen-bond acceptors (Lipinski definition) is 6. The van der Waals surface area contributed by atoms with Gasteiger partial charge in [0.05, 0.1) is 19.8 Å². The third kappa shape index (κ3) is 6.95. The number of rotatable bonds is 8. The van der Waals surface area contributed by atoms with Gasteiger partial charge in [0.25, 0.3) is 5.91 Å². The number of aliphatic imine (C=N–C) groups is 1. The molecule has 0 saturated carbocycles. The number of nitrogens with one attached hydrogen (secondary N) is 2. The number of fused-ring (bicyclic) bond motifs is 1. The van der Waals surface area contributed by atoms with Crippen molar-refractivity contribution in [2.75, 3.05) is 51.3 Å². The lowest BCUT2D eigenvalue weighted by Crippen LogP contribution is -2.39. The van der Waals surface area contributed by atoms with Crippen LogP contribution in [0, 0.1) is 0 Å². The normalized spacial score (nSPS) is 17.4. The monoisotopic (exact) mass is 486 g/mol. The Morgan fingerprint density at radius 1 is 1.21 bits per heavy atom. The van der Waals surface area contributed by atoms with Gasteiger partial charge in [-0.1, -0.05) is 37.6 Å². The molecule has 1 saturated heterocycles. The van der Waals surface area contributed by atoms with Crippen LogP contribution in [0.5, 0.6) is 5.75 Å². The largest absolute Gasteiger partial charge is 0.494 e. The van der Waals surface area contributed by atoms with Crippen LogP contribution in [0.1, 0.15) is 44.5 Å². The summed E-state index contributed by atoms with van der Waals surface area (Å²) < 4.78 is 10.9. The first-order valence-corrected chi connectivity index (χ1v) is 12.5. The minimum Gasteiger partial charge on any atom is -0.494 e. The fourth-order valence-corrected chi connectivity index (χ4v) is 4.06. The number of ether oxygens (including phenoxy) is 2. The predicted molar refractivity (Wildman–Crippen MR) is 138 cm³/mol. The molecule has 0 aliphatic carbocycles. The molecule has 7 nitrogen and oxygen atoms in total. The van der Waals surface area contributed by atoms with E-state index >= 15 is 0 Å². The van der Waals surface area contributed by atoms with Crippen molar-refractivity contribution in [3.05, 3.63) is 58.6 Å². The number of carbonyl (C=O) groups is 1. The smallest absolute Gasteiger partial charge is 0.270 e. The number of amides is 1. The van der Waals surface area contributed by atoms with Gasteiger partial charge >= 0.3 is 0 Å². The van der Waals surface area contributed by atoms with Crippen LogP contribution in [0.3, 0.4) is 0 Å². The fourth-order valence-electron chi connectivity index (χ4n) is 3.89. The van der Waals surface area contributed by atoms with E-state index in [2.05, 4.69) is 15.5 Å². The first-order chi connectivity index (χ1) is 16.6. The molecule has 0 bridgehead atoms. The van der Waals surface area contributed by atoms with Crippen LogP contribution in [-0.4, -0.2) is 62.5 Å². The number of morpholine rings is 1. The van der Waals surface area contributed by atoms with Crippen molar-refractivity contribution in [3.8, 4) is 5.75 Å². The van der Waals surface area contributed by atoms with E-state index in [1.165, 1.54) is 0 Å². The van der Waals surface area contributed by atoms with Crippen molar-refractivity contribution >= 4 is 28.9 Å². The Labute approximate surface area is 207 Å². The second-order valence-electron chi connectivity index (χ2n) is 7.78. The van der Waals surface area contributed by atoms with Gasteiger partial charge in [0, 0.05) is 35.9 Å². The molecule has 2 aromatic rings. The second-order valence-corrected chi connectivity index (χ2v) is 8.22. The molecular formula is C26H35ClN4O3. The summed E-state index contributed by atoms with van der Waals surface area (Å²) >= 11 is 6.22. The lowest BCUT2D eigenvalue weighted by molar-refractivity contribution is -0.114.